The first-order chi connectivity index (χ1) is 27.3. The highest BCUT2D eigenvalue weighted by Crippen LogP contribution is 2.69. The quantitative estimate of drug-likeness (QED) is 0.101. The molecule has 4 aromatic rings. The number of fused-ring (bicyclic) bond motifs is 7. The smallest absolute Gasteiger partial charge is 0.508 e. The number of hydrogen-bond donors (Lipinski definition) is 2. The molecule has 0 aliphatic heterocycles. The third-order valence-electron chi connectivity index (χ3n) is 15.0. The number of phenolic OH excluding ortho intramolecular Hbond substituents is 2. The molecule has 0 radical (unpaired) electrons. The lowest BCUT2D eigenvalue weighted by molar-refractivity contribution is -0.178. The Morgan fingerprint density at radius 1 is 0.719 bits per heavy atom. The molecule has 2 N–H and O–H groups in total. The molecule has 8 rings (SSSR count). The van der Waals surface area contributed by atoms with E-state index in [1.807, 2.05) is 24.3 Å². The molecule has 0 bridgehead atoms. The first-order valence-electron chi connectivity index (χ1n) is 20.6. The van der Waals surface area contributed by atoms with E-state index in [1.165, 1.54) is 7.11 Å². The van der Waals surface area contributed by atoms with E-state index in [1.54, 1.807) is 48.5 Å². The average Bonchev–Trinajstić information content (AvgIpc) is 3.55. The fourth-order valence-corrected chi connectivity index (χ4v) is 12.1. The maximum Gasteiger partial charge on any atom is 0.514 e. The lowest BCUT2D eigenvalue weighted by Crippen LogP contribution is -2.59. The molecule has 57 heavy (non-hydrogen) atoms. The highest BCUT2D eigenvalue weighted by Gasteiger charge is 2.65. The van der Waals surface area contributed by atoms with Crippen LogP contribution in [-0.2, 0) is 19.0 Å². The Morgan fingerprint density at radius 3 is 1.96 bits per heavy atom. The average molecular weight is 779 g/mol. The zero-order chi connectivity index (χ0) is 40.1. The first kappa shape index (κ1) is 38.9. The topological polar surface area (TPSA) is 138 Å². The normalized spacial score (nSPS) is 31.0. The fourth-order valence-electron chi connectivity index (χ4n) is 12.1. The van der Waals surface area contributed by atoms with Gasteiger partial charge in [-0.05, 0) is 169 Å². The van der Waals surface area contributed by atoms with E-state index < -0.39 is 18.4 Å². The van der Waals surface area contributed by atoms with Crippen LogP contribution in [0.5, 0.6) is 23.0 Å². The molecule has 1 unspecified atom stereocenters. The van der Waals surface area contributed by atoms with Crippen molar-refractivity contribution in [3.05, 3.63) is 72.8 Å². The molecule has 4 aliphatic rings. The summed E-state index contributed by atoms with van der Waals surface area (Å²) in [5.41, 5.74) is -0.339. The van der Waals surface area contributed by atoms with Crippen molar-refractivity contribution in [3.63, 3.8) is 0 Å². The molecule has 10 atom stereocenters. The van der Waals surface area contributed by atoms with E-state index in [0.717, 1.165) is 72.9 Å². The number of ether oxygens (including phenoxy) is 5. The van der Waals surface area contributed by atoms with Crippen LogP contribution in [0.25, 0.3) is 21.5 Å². The molecule has 4 aliphatic carbocycles. The van der Waals surface area contributed by atoms with Gasteiger partial charge in [-0.3, -0.25) is 4.79 Å². The van der Waals surface area contributed by atoms with E-state index in [0.29, 0.717) is 48.0 Å². The molecule has 4 aromatic carbocycles. The summed E-state index contributed by atoms with van der Waals surface area (Å²) in [5.74, 6) is 2.71. The van der Waals surface area contributed by atoms with Crippen LogP contribution in [0.15, 0.2) is 72.8 Å². The summed E-state index contributed by atoms with van der Waals surface area (Å²) >= 11 is 0. The number of benzene rings is 4. The number of carbonyl (C=O) groups excluding carboxylic acids is 3. The van der Waals surface area contributed by atoms with Gasteiger partial charge in [0.15, 0.2) is 0 Å². The summed E-state index contributed by atoms with van der Waals surface area (Å²) in [7, 11) is 1.43. The summed E-state index contributed by atoms with van der Waals surface area (Å²) < 4.78 is 28.9. The molecule has 0 saturated heterocycles. The van der Waals surface area contributed by atoms with Gasteiger partial charge in [-0.1, -0.05) is 45.0 Å². The van der Waals surface area contributed by atoms with Crippen LogP contribution in [0.2, 0.25) is 0 Å². The van der Waals surface area contributed by atoms with Crippen LogP contribution < -0.4 is 9.47 Å². The predicted octanol–water partition coefficient (Wildman–Crippen LogP) is 10.7. The lowest BCUT2D eigenvalue weighted by atomic mass is 9.43. The number of hydrogen-bond acceptors (Lipinski definition) is 10. The van der Waals surface area contributed by atoms with Crippen molar-refractivity contribution in [2.75, 3.05) is 7.11 Å². The highest BCUT2D eigenvalue weighted by molar-refractivity contribution is 5.86. The van der Waals surface area contributed by atoms with Gasteiger partial charge in [0, 0.05) is 11.8 Å². The van der Waals surface area contributed by atoms with Crippen molar-refractivity contribution >= 4 is 39.8 Å². The van der Waals surface area contributed by atoms with Crippen LogP contribution in [0.4, 0.5) is 9.59 Å². The number of aromatic hydroxyl groups is 2. The van der Waals surface area contributed by atoms with Crippen molar-refractivity contribution in [1.82, 2.24) is 0 Å². The van der Waals surface area contributed by atoms with Gasteiger partial charge in [-0.25, -0.2) is 9.59 Å². The molecule has 302 valence electrons. The summed E-state index contributed by atoms with van der Waals surface area (Å²) in [6.07, 6.45) is 6.19. The van der Waals surface area contributed by atoms with Crippen LogP contribution in [0.3, 0.4) is 0 Å². The molecular formula is C47H54O10. The summed E-state index contributed by atoms with van der Waals surface area (Å²) in [4.78, 5) is 39.0. The number of methoxy groups -OCH3 is 1. The Hall–Kier alpha value is -4.99. The minimum absolute atomic E-state index is 0.0329. The number of phenols is 2. The third kappa shape index (κ3) is 7.48. The maximum atomic E-state index is 13.8. The van der Waals surface area contributed by atoms with Crippen LogP contribution >= 0.6 is 0 Å². The number of rotatable bonds is 8. The van der Waals surface area contributed by atoms with Gasteiger partial charge in [0.2, 0.25) is 0 Å². The van der Waals surface area contributed by atoms with Crippen molar-refractivity contribution in [3.8, 4) is 23.0 Å². The molecule has 0 heterocycles. The summed E-state index contributed by atoms with van der Waals surface area (Å²) in [6, 6.07) is 20.8. The van der Waals surface area contributed by atoms with Crippen molar-refractivity contribution in [1.29, 1.82) is 0 Å². The van der Waals surface area contributed by atoms with Crippen LogP contribution in [0, 0.1) is 46.3 Å². The summed E-state index contributed by atoms with van der Waals surface area (Å²) in [5, 5.41) is 23.3. The van der Waals surface area contributed by atoms with Gasteiger partial charge in [0.05, 0.1) is 7.11 Å². The van der Waals surface area contributed by atoms with Crippen molar-refractivity contribution in [2.24, 2.45) is 46.3 Å². The molecule has 0 amide bonds. The second-order valence-corrected chi connectivity index (χ2v) is 17.7. The molecule has 10 nitrogen and oxygen atoms in total. The van der Waals surface area contributed by atoms with E-state index in [2.05, 4.69) is 20.8 Å². The Labute approximate surface area is 333 Å². The zero-order valence-electron chi connectivity index (χ0n) is 33.3. The molecule has 0 spiro atoms. The molecule has 4 fully saturated rings. The molecule has 0 aromatic heterocycles. The van der Waals surface area contributed by atoms with Crippen molar-refractivity contribution in [2.45, 2.75) is 97.2 Å². The predicted molar refractivity (Wildman–Crippen MR) is 214 cm³/mol. The second-order valence-electron chi connectivity index (χ2n) is 17.7. The Morgan fingerprint density at radius 2 is 1.33 bits per heavy atom. The standard InChI is InChI=1S/C47H54O10/c1-27(5-18-43(50)53-4)39-16-17-40-38-15-10-32-25-37(56-44(51)54-35-13-8-28-6-11-33(48)21-30(28)23-35)19-20-46(32,2)41(38)26-42(47(39,40)3)57-45(52)55-36-14-9-29-7-12-34(49)22-31(29)24-36/h6-9,11-14,21-24,27,32,37-42,48-49H,5,10,15-20,25-26H2,1-4H3/t27-,32?,37+,38+,39-,40+,41+,42+,46+,47-/m1/s1. The van der Waals surface area contributed by atoms with Gasteiger partial charge in [0.25, 0.3) is 0 Å². The molecule has 10 heteroatoms. The fraction of sp³-hybridized carbons (Fsp3) is 0.511. The first-order valence-corrected chi connectivity index (χ1v) is 20.6. The van der Waals surface area contributed by atoms with Crippen LogP contribution in [-0.4, -0.2) is 47.8 Å². The van der Waals surface area contributed by atoms with E-state index in [9.17, 15) is 24.6 Å². The number of esters is 1. The van der Waals surface area contributed by atoms with Gasteiger partial charge in [-0.2, -0.15) is 0 Å². The largest absolute Gasteiger partial charge is 0.514 e. The van der Waals surface area contributed by atoms with Gasteiger partial charge < -0.3 is 33.9 Å². The van der Waals surface area contributed by atoms with Gasteiger partial charge >= 0.3 is 18.3 Å². The maximum absolute atomic E-state index is 13.8. The van der Waals surface area contributed by atoms with E-state index >= 15 is 0 Å². The van der Waals surface area contributed by atoms with E-state index in [-0.39, 0.29) is 46.2 Å². The van der Waals surface area contributed by atoms with Gasteiger partial charge in [0.1, 0.15) is 35.2 Å². The zero-order valence-corrected chi connectivity index (χ0v) is 33.3. The minimum atomic E-state index is -0.734. The van der Waals surface area contributed by atoms with Crippen LogP contribution in [0.1, 0.15) is 85.0 Å². The molecular weight excluding hydrogens is 725 g/mol. The second kappa shape index (κ2) is 15.4. The SMILES string of the molecule is COC(=O)CC[C@@H](C)[C@H]1CC[C@H]2[C@@H]3CCC4C[C@@H](OC(=O)Oc5ccc6ccc(O)cc6c5)CC[C@]4(C)[C@H]3C[C@H](OC(=O)Oc3ccc4ccc(O)cc4c3)[C@]12C. The minimum Gasteiger partial charge on any atom is -0.508 e. The Balaban J connectivity index is 0.992. The molecule has 4 saturated carbocycles. The summed E-state index contributed by atoms with van der Waals surface area (Å²) in [6.45, 7) is 6.95. The number of carbonyl (C=O) groups is 3. The Kier molecular flexibility index (Phi) is 10.5. The Bertz CT molecular complexity index is 2160. The van der Waals surface area contributed by atoms with Crippen molar-refractivity contribution < 1.29 is 48.3 Å². The lowest BCUT2D eigenvalue weighted by Gasteiger charge is -2.62. The third-order valence-corrected chi connectivity index (χ3v) is 15.0. The van der Waals surface area contributed by atoms with E-state index in [4.69, 9.17) is 23.7 Å². The monoisotopic (exact) mass is 778 g/mol. The highest BCUT2D eigenvalue weighted by atomic mass is 16.7. The van der Waals surface area contributed by atoms with Gasteiger partial charge in [-0.15, -0.1) is 0 Å².